The van der Waals surface area contributed by atoms with Crippen molar-refractivity contribution in [3.05, 3.63) is 35.4 Å². The number of aryl methyl sites for hydroxylation is 2. The van der Waals surface area contributed by atoms with Gasteiger partial charge in [0.25, 0.3) is 0 Å². The fourth-order valence-corrected chi connectivity index (χ4v) is 1.24. The molecule has 0 aliphatic rings. The summed E-state index contributed by atoms with van der Waals surface area (Å²) in [7, 11) is 0. The molecule has 0 aliphatic carbocycles. The molecule has 3 heteroatoms. The highest BCUT2D eigenvalue weighted by Crippen LogP contribution is 2.13. The van der Waals surface area contributed by atoms with Gasteiger partial charge >= 0.3 is 0 Å². The predicted molar refractivity (Wildman–Crippen MR) is 56.0 cm³/mol. The molecule has 0 aromatic carbocycles. The maximum absolute atomic E-state index is 13.2. The molecule has 0 spiro atoms. The third-order valence-corrected chi connectivity index (χ3v) is 1.88. The van der Waals surface area contributed by atoms with Crippen LogP contribution >= 0.6 is 0 Å². The van der Waals surface area contributed by atoms with Gasteiger partial charge in [-0.05, 0) is 25.5 Å². The fraction of sp³-hybridized carbons (Fsp3) is 0.364. The normalized spacial score (nSPS) is 9.79. The molecule has 76 valence electrons. The second-order valence-corrected chi connectivity index (χ2v) is 2.94. The minimum absolute atomic E-state index is 0.227. The van der Waals surface area contributed by atoms with E-state index in [4.69, 9.17) is 0 Å². The minimum Gasteiger partial charge on any atom is -0.237 e. The van der Waals surface area contributed by atoms with Crippen LogP contribution in [-0.2, 0) is 0 Å². The predicted octanol–water partition coefficient (Wildman–Crippen LogP) is 3.12. The Kier molecular flexibility index (Phi) is 3.23. The number of fused-ring (bicyclic) bond motifs is 1. The van der Waals surface area contributed by atoms with E-state index in [0.29, 0.717) is 11.2 Å². The molecule has 2 rings (SSSR count). The quantitative estimate of drug-likeness (QED) is 0.629. The van der Waals surface area contributed by atoms with E-state index in [1.54, 1.807) is 17.5 Å². The molecule has 0 fully saturated rings. The summed E-state index contributed by atoms with van der Waals surface area (Å²) in [6.07, 6.45) is 1.81. The fourth-order valence-electron chi connectivity index (χ4n) is 1.24. The van der Waals surface area contributed by atoms with Crippen molar-refractivity contribution in [3.63, 3.8) is 0 Å². The van der Waals surface area contributed by atoms with Gasteiger partial charge in [-0.15, -0.1) is 0 Å². The van der Waals surface area contributed by atoms with Crippen molar-refractivity contribution in [1.29, 1.82) is 0 Å². The van der Waals surface area contributed by atoms with Gasteiger partial charge in [-0.3, -0.25) is 0 Å². The maximum atomic E-state index is 13.2. The summed E-state index contributed by atoms with van der Waals surface area (Å²) in [6, 6.07) is 3.62. The lowest BCUT2D eigenvalue weighted by molar-refractivity contribution is 0.629. The van der Waals surface area contributed by atoms with E-state index in [9.17, 15) is 4.39 Å². The molecule has 2 nitrogen and oxygen atoms in total. The monoisotopic (exact) mass is 194 g/mol. The molecule has 0 radical (unpaired) electrons. The van der Waals surface area contributed by atoms with E-state index < -0.39 is 0 Å². The standard InChI is InChI=1S/C9H9FN2.C2H6/c1-6-3-4-8-9(10)7(2)11-12(8)5-6;1-2/h3-5H,1-2H3;1-2H3. The van der Waals surface area contributed by atoms with Crippen LogP contribution in [0.15, 0.2) is 18.3 Å². The van der Waals surface area contributed by atoms with E-state index in [1.165, 1.54) is 0 Å². The van der Waals surface area contributed by atoms with Gasteiger partial charge < -0.3 is 0 Å². The Bertz CT molecular complexity index is 432. The summed E-state index contributed by atoms with van der Waals surface area (Å²) in [4.78, 5) is 0. The van der Waals surface area contributed by atoms with Crippen LogP contribution in [-0.4, -0.2) is 9.61 Å². The highest BCUT2D eigenvalue weighted by atomic mass is 19.1. The molecule has 2 aromatic rings. The number of hydrogen-bond acceptors (Lipinski definition) is 1. The van der Waals surface area contributed by atoms with Crippen LogP contribution in [0, 0.1) is 19.7 Å². The van der Waals surface area contributed by atoms with Gasteiger partial charge in [-0.1, -0.05) is 19.9 Å². The van der Waals surface area contributed by atoms with Gasteiger partial charge in [-0.2, -0.15) is 5.10 Å². The topological polar surface area (TPSA) is 17.3 Å². The van der Waals surface area contributed by atoms with Gasteiger partial charge in [0.15, 0.2) is 5.82 Å². The van der Waals surface area contributed by atoms with Crippen LogP contribution in [0.1, 0.15) is 25.1 Å². The lowest BCUT2D eigenvalue weighted by atomic mass is 10.3. The van der Waals surface area contributed by atoms with Crippen molar-refractivity contribution in [3.8, 4) is 0 Å². The van der Waals surface area contributed by atoms with Crippen LogP contribution in [0.4, 0.5) is 4.39 Å². The number of rotatable bonds is 0. The Morgan fingerprint density at radius 2 is 1.86 bits per heavy atom. The molecule has 0 unspecified atom stereocenters. The van der Waals surface area contributed by atoms with Gasteiger partial charge in [0.05, 0.1) is 5.69 Å². The van der Waals surface area contributed by atoms with E-state index >= 15 is 0 Å². The molecule has 2 aromatic heterocycles. The van der Waals surface area contributed by atoms with Gasteiger partial charge in [0.1, 0.15) is 5.52 Å². The molecule has 2 heterocycles. The Labute approximate surface area is 83.4 Å². The average molecular weight is 194 g/mol. The van der Waals surface area contributed by atoms with Crippen LogP contribution < -0.4 is 0 Å². The lowest BCUT2D eigenvalue weighted by Gasteiger charge is -1.93. The number of hydrogen-bond donors (Lipinski definition) is 0. The van der Waals surface area contributed by atoms with Crippen molar-refractivity contribution in [2.24, 2.45) is 0 Å². The summed E-state index contributed by atoms with van der Waals surface area (Å²) in [5.41, 5.74) is 2.06. The first kappa shape index (κ1) is 10.7. The highest BCUT2D eigenvalue weighted by Gasteiger charge is 2.06. The zero-order valence-electron chi connectivity index (χ0n) is 9.00. The molecular weight excluding hydrogens is 179 g/mol. The van der Waals surface area contributed by atoms with Crippen LogP contribution in [0.2, 0.25) is 0 Å². The zero-order chi connectivity index (χ0) is 10.7. The van der Waals surface area contributed by atoms with Gasteiger partial charge in [0.2, 0.25) is 0 Å². The van der Waals surface area contributed by atoms with E-state index in [0.717, 1.165) is 5.56 Å². The Hall–Kier alpha value is -1.38. The Morgan fingerprint density at radius 1 is 1.21 bits per heavy atom. The average Bonchev–Trinajstić information content (AvgIpc) is 2.45. The lowest BCUT2D eigenvalue weighted by Crippen LogP contribution is -1.87. The first-order valence-electron chi connectivity index (χ1n) is 4.79. The molecule has 0 saturated heterocycles. The van der Waals surface area contributed by atoms with E-state index in [-0.39, 0.29) is 5.82 Å². The summed E-state index contributed by atoms with van der Waals surface area (Å²) < 4.78 is 14.8. The summed E-state index contributed by atoms with van der Waals surface area (Å²) in [5.74, 6) is -0.227. The summed E-state index contributed by atoms with van der Waals surface area (Å²) >= 11 is 0. The van der Waals surface area contributed by atoms with Crippen LogP contribution in [0.25, 0.3) is 5.52 Å². The van der Waals surface area contributed by atoms with Crippen molar-refractivity contribution >= 4 is 5.52 Å². The maximum Gasteiger partial charge on any atom is 0.171 e. The number of halogens is 1. The first-order valence-corrected chi connectivity index (χ1v) is 4.79. The minimum atomic E-state index is -0.227. The van der Waals surface area contributed by atoms with E-state index in [1.807, 2.05) is 33.0 Å². The van der Waals surface area contributed by atoms with Crippen molar-refractivity contribution in [2.45, 2.75) is 27.7 Å². The molecule has 0 atom stereocenters. The second kappa shape index (κ2) is 4.22. The second-order valence-electron chi connectivity index (χ2n) is 2.94. The summed E-state index contributed by atoms with van der Waals surface area (Å²) in [5, 5.41) is 4.02. The molecule has 0 amide bonds. The molecule has 14 heavy (non-hydrogen) atoms. The smallest absolute Gasteiger partial charge is 0.171 e. The SMILES string of the molecule is CC.Cc1ccc2c(F)c(C)nn2c1. The van der Waals surface area contributed by atoms with Gasteiger partial charge in [0, 0.05) is 6.20 Å². The Morgan fingerprint density at radius 3 is 2.50 bits per heavy atom. The van der Waals surface area contributed by atoms with E-state index in [2.05, 4.69) is 5.10 Å². The molecule has 0 aliphatic heterocycles. The zero-order valence-corrected chi connectivity index (χ0v) is 9.00. The Balaban J connectivity index is 0.000000461. The van der Waals surface area contributed by atoms with Crippen molar-refractivity contribution in [2.75, 3.05) is 0 Å². The van der Waals surface area contributed by atoms with Crippen molar-refractivity contribution in [1.82, 2.24) is 9.61 Å². The number of pyridine rings is 1. The third-order valence-electron chi connectivity index (χ3n) is 1.88. The number of aromatic nitrogens is 2. The first-order chi connectivity index (χ1) is 6.68. The van der Waals surface area contributed by atoms with Gasteiger partial charge in [-0.25, -0.2) is 8.91 Å². The largest absolute Gasteiger partial charge is 0.237 e. The molecule has 0 saturated carbocycles. The summed E-state index contributed by atoms with van der Waals surface area (Å²) in [6.45, 7) is 7.62. The molecule has 0 N–H and O–H groups in total. The van der Waals surface area contributed by atoms with Crippen LogP contribution in [0.5, 0.6) is 0 Å². The highest BCUT2D eigenvalue weighted by molar-refractivity contribution is 5.49. The molecular formula is C11H15FN2. The third kappa shape index (κ3) is 1.76. The van der Waals surface area contributed by atoms with Crippen molar-refractivity contribution < 1.29 is 4.39 Å². The number of nitrogens with zero attached hydrogens (tertiary/aromatic N) is 2. The van der Waals surface area contributed by atoms with Crippen LogP contribution in [0.3, 0.4) is 0 Å². The molecule has 0 bridgehead atoms.